The Bertz CT molecular complexity index is 992. The fraction of sp³-hybridized carbons (Fsp3) is 0.211. The van der Waals surface area contributed by atoms with E-state index >= 15 is 0 Å². The zero-order valence-corrected chi connectivity index (χ0v) is 14.4. The van der Waals surface area contributed by atoms with Gasteiger partial charge in [0.1, 0.15) is 5.76 Å². The van der Waals surface area contributed by atoms with Crippen LogP contribution < -0.4 is 10.9 Å². The molecule has 0 bridgehead atoms. The highest BCUT2D eigenvalue weighted by atomic mass is 16.3. The van der Waals surface area contributed by atoms with Crippen LogP contribution in [-0.4, -0.2) is 34.2 Å². The summed E-state index contributed by atoms with van der Waals surface area (Å²) in [6.07, 6.45) is 3.24. The van der Waals surface area contributed by atoms with Crippen LogP contribution >= 0.6 is 0 Å². The maximum absolute atomic E-state index is 12.3. The van der Waals surface area contributed by atoms with Crippen LogP contribution in [0.25, 0.3) is 10.9 Å². The van der Waals surface area contributed by atoms with E-state index in [-0.39, 0.29) is 18.9 Å². The van der Waals surface area contributed by atoms with Crippen LogP contribution in [0.5, 0.6) is 0 Å². The molecule has 1 unspecified atom stereocenters. The van der Waals surface area contributed by atoms with Crippen molar-refractivity contribution in [2.45, 2.75) is 13.0 Å². The van der Waals surface area contributed by atoms with Gasteiger partial charge in [-0.2, -0.15) is 0 Å². The van der Waals surface area contributed by atoms with Crippen molar-refractivity contribution < 1.29 is 18.8 Å². The van der Waals surface area contributed by atoms with E-state index < -0.39 is 17.7 Å². The van der Waals surface area contributed by atoms with E-state index in [4.69, 9.17) is 4.42 Å². The van der Waals surface area contributed by atoms with Crippen molar-refractivity contribution in [3.63, 3.8) is 0 Å². The number of hydrazine groups is 1. The van der Waals surface area contributed by atoms with Gasteiger partial charge in [0, 0.05) is 30.1 Å². The van der Waals surface area contributed by atoms with Crippen LogP contribution in [0, 0.1) is 5.92 Å². The van der Waals surface area contributed by atoms with E-state index in [1.54, 1.807) is 29.5 Å². The van der Waals surface area contributed by atoms with Crippen molar-refractivity contribution in [1.29, 1.82) is 0 Å². The highest BCUT2D eigenvalue weighted by molar-refractivity contribution is 6.07. The van der Waals surface area contributed by atoms with Gasteiger partial charge in [0.05, 0.1) is 24.3 Å². The lowest BCUT2D eigenvalue weighted by molar-refractivity contribution is -0.129. The number of nitrogens with zero attached hydrogens (tertiary/aromatic N) is 1. The number of benzene rings is 1. The molecule has 1 atom stereocenters. The number of furan rings is 1. The third kappa shape index (κ3) is 3.41. The van der Waals surface area contributed by atoms with Crippen LogP contribution in [0.3, 0.4) is 0 Å². The van der Waals surface area contributed by atoms with Gasteiger partial charge < -0.3 is 14.3 Å². The molecule has 1 aromatic carbocycles. The molecule has 0 saturated carbocycles. The molecular weight excluding hydrogens is 348 g/mol. The van der Waals surface area contributed by atoms with E-state index in [9.17, 15) is 14.4 Å². The molecule has 1 fully saturated rings. The molecular formula is C19H18N4O4. The van der Waals surface area contributed by atoms with E-state index in [1.807, 2.05) is 24.3 Å². The highest BCUT2D eigenvalue weighted by Crippen LogP contribution is 2.21. The van der Waals surface area contributed by atoms with E-state index in [0.29, 0.717) is 17.9 Å². The lowest BCUT2D eigenvalue weighted by Gasteiger charge is -2.15. The molecule has 8 heteroatoms. The van der Waals surface area contributed by atoms with E-state index in [0.717, 1.165) is 10.9 Å². The second kappa shape index (κ2) is 6.99. The molecule has 3 heterocycles. The van der Waals surface area contributed by atoms with Gasteiger partial charge in [0.15, 0.2) is 0 Å². The lowest BCUT2D eigenvalue weighted by atomic mass is 10.1. The zero-order valence-electron chi connectivity index (χ0n) is 14.4. The third-order valence-corrected chi connectivity index (χ3v) is 4.65. The van der Waals surface area contributed by atoms with Crippen molar-refractivity contribution in [3.05, 3.63) is 60.2 Å². The number of fused-ring (bicyclic) bond motifs is 1. The Morgan fingerprint density at radius 2 is 2.04 bits per heavy atom. The van der Waals surface area contributed by atoms with Crippen LogP contribution in [0.15, 0.2) is 53.3 Å². The van der Waals surface area contributed by atoms with Crippen molar-refractivity contribution >= 4 is 28.6 Å². The number of para-hydroxylation sites is 1. The second-order valence-corrected chi connectivity index (χ2v) is 6.45. The summed E-state index contributed by atoms with van der Waals surface area (Å²) in [5.41, 5.74) is 6.12. The molecule has 1 saturated heterocycles. The molecule has 138 valence electrons. The molecule has 3 N–H and O–H groups in total. The first-order chi connectivity index (χ1) is 13.1. The van der Waals surface area contributed by atoms with Crippen LogP contribution in [0.1, 0.15) is 22.5 Å². The summed E-state index contributed by atoms with van der Waals surface area (Å²) in [5, 5.41) is 0.768. The van der Waals surface area contributed by atoms with Crippen LogP contribution in [0.4, 0.5) is 0 Å². The van der Waals surface area contributed by atoms with Gasteiger partial charge in [0.2, 0.25) is 11.8 Å². The number of nitrogens with one attached hydrogen (secondary N) is 3. The molecule has 0 aliphatic carbocycles. The molecule has 0 spiro atoms. The van der Waals surface area contributed by atoms with Gasteiger partial charge in [0.25, 0.3) is 5.91 Å². The molecule has 3 aromatic rings. The van der Waals surface area contributed by atoms with Gasteiger partial charge in [-0.1, -0.05) is 18.2 Å². The van der Waals surface area contributed by atoms with Crippen LogP contribution in [0.2, 0.25) is 0 Å². The van der Waals surface area contributed by atoms with Crippen molar-refractivity contribution in [2.75, 3.05) is 6.54 Å². The summed E-state index contributed by atoms with van der Waals surface area (Å²) in [5.74, 6) is -0.779. The van der Waals surface area contributed by atoms with Crippen LogP contribution in [-0.2, 0) is 16.1 Å². The highest BCUT2D eigenvalue weighted by Gasteiger charge is 2.34. The fourth-order valence-electron chi connectivity index (χ4n) is 3.24. The first kappa shape index (κ1) is 16.9. The molecule has 4 rings (SSSR count). The standard InChI is InChI=1S/C19H18N4O4/c24-17-8-12(10-23(17)11-13-4-3-7-27-13)18(25)21-22-19(26)15-9-20-16-6-2-1-5-14(15)16/h1-7,9,12,20H,8,10-11H2,(H,21,25)(H,22,26). The first-order valence-electron chi connectivity index (χ1n) is 8.58. The minimum absolute atomic E-state index is 0.107. The summed E-state index contributed by atoms with van der Waals surface area (Å²) in [6.45, 7) is 0.617. The molecule has 27 heavy (non-hydrogen) atoms. The number of carbonyl (C=O) groups is 3. The topological polar surface area (TPSA) is 107 Å². The Morgan fingerprint density at radius 3 is 2.85 bits per heavy atom. The Hall–Kier alpha value is -3.55. The largest absolute Gasteiger partial charge is 0.467 e. The number of likely N-dealkylation sites (tertiary alicyclic amines) is 1. The number of hydrogen-bond acceptors (Lipinski definition) is 4. The normalized spacial score (nSPS) is 16.7. The smallest absolute Gasteiger partial charge is 0.271 e. The summed E-state index contributed by atoms with van der Waals surface area (Å²) in [7, 11) is 0. The number of rotatable bonds is 4. The molecule has 2 aromatic heterocycles. The Balaban J connectivity index is 1.34. The van der Waals surface area contributed by atoms with Gasteiger partial charge in [-0.05, 0) is 18.2 Å². The number of carbonyl (C=O) groups excluding carboxylic acids is 3. The number of amides is 3. The summed E-state index contributed by atoms with van der Waals surface area (Å²) >= 11 is 0. The van der Waals surface area contributed by atoms with E-state index in [1.165, 1.54) is 0 Å². The SMILES string of the molecule is O=C(NNC(=O)C1CC(=O)N(Cc2ccco2)C1)c1c[nH]c2ccccc12. The molecule has 3 amide bonds. The quantitative estimate of drug-likeness (QED) is 0.609. The van der Waals surface area contributed by atoms with Gasteiger partial charge in [-0.15, -0.1) is 0 Å². The second-order valence-electron chi connectivity index (χ2n) is 6.45. The average Bonchev–Trinajstić information content (AvgIpc) is 3.40. The third-order valence-electron chi connectivity index (χ3n) is 4.65. The first-order valence-corrected chi connectivity index (χ1v) is 8.58. The number of aromatic amines is 1. The van der Waals surface area contributed by atoms with E-state index in [2.05, 4.69) is 15.8 Å². The molecule has 0 radical (unpaired) electrons. The number of hydrogen-bond donors (Lipinski definition) is 3. The monoisotopic (exact) mass is 366 g/mol. The Morgan fingerprint density at radius 1 is 1.19 bits per heavy atom. The minimum atomic E-state index is -0.518. The van der Waals surface area contributed by atoms with Crippen molar-refractivity contribution in [1.82, 2.24) is 20.7 Å². The summed E-state index contributed by atoms with van der Waals surface area (Å²) < 4.78 is 5.24. The number of H-pyrrole nitrogens is 1. The maximum atomic E-state index is 12.3. The predicted octanol–water partition coefficient (Wildman–Crippen LogP) is 1.57. The summed E-state index contributed by atoms with van der Waals surface area (Å²) in [4.78, 5) is 41.4. The average molecular weight is 366 g/mol. The molecule has 8 nitrogen and oxygen atoms in total. The maximum Gasteiger partial charge on any atom is 0.271 e. The van der Waals surface area contributed by atoms with Crippen molar-refractivity contribution in [2.24, 2.45) is 5.92 Å². The van der Waals surface area contributed by atoms with Gasteiger partial charge in [-0.3, -0.25) is 25.2 Å². The lowest BCUT2D eigenvalue weighted by Crippen LogP contribution is -2.45. The van der Waals surface area contributed by atoms with Gasteiger partial charge in [-0.25, -0.2) is 0 Å². The molecule has 1 aliphatic heterocycles. The number of aromatic nitrogens is 1. The summed E-state index contributed by atoms with van der Waals surface area (Å²) in [6, 6.07) is 10.9. The minimum Gasteiger partial charge on any atom is -0.467 e. The predicted molar refractivity (Wildman–Crippen MR) is 96.1 cm³/mol. The van der Waals surface area contributed by atoms with Crippen molar-refractivity contribution in [3.8, 4) is 0 Å². The Kier molecular flexibility index (Phi) is 4.37. The Labute approximate surface area is 154 Å². The molecule has 1 aliphatic rings. The zero-order chi connectivity index (χ0) is 18.8. The fourth-order valence-corrected chi connectivity index (χ4v) is 3.24. The van der Waals surface area contributed by atoms with Gasteiger partial charge >= 0.3 is 0 Å².